The van der Waals surface area contributed by atoms with E-state index in [9.17, 15) is 0 Å². The maximum Gasteiger partial charge on any atom is 0.148 e. The van der Waals surface area contributed by atoms with Crippen molar-refractivity contribution >= 4 is 23.1 Å². The number of likely N-dealkylation sites (N-methyl/N-ethyl adjacent to an activating group) is 1. The molecule has 0 aliphatic heterocycles. The van der Waals surface area contributed by atoms with Gasteiger partial charge in [-0.1, -0.05) is 17.7 Å². The fourth-order valence-electron chi connectivity index (χ4n) is 0.409. The minimum Gasteiger partial charge on any atom is -0.372 e. The molecular formula is C6H10ClN3. The minimum absolute atomic E-state index is 0.680. The van der Waals surface area contributed by atoms with Gasteiger partial charge in [-0.3, -0.25) is 0 Å². The van der Waals surface area contributed by atoms with Crippen LogP contribution >= 0.6 is 11.6 Å². The zero-order valence-corrected chi connectivity index (χ0v) is 6.76. The molecule has 0 aromatic carbocycles. The van der Waals surface area contributed by atoms with E-state index in [0.29, 0.717) is 5.84 Å². The summed E-state index contributed by atoms with van der Waals surface area (Å²) in [5.74, 6) is 0.680. The van der Waals surface area contributed by atoms with Gasteiger partial charge in [0.1, 0.15) is 11.5 Å². The standard InChI is InChI=1S/C6H10ClN3/c1-3-4-6(8-2)10-9-5-7/h3-5H,1-2H3,(H,8,10)/b4-3-,9-5+. The van der Waals surface area contributed by atoms with E-state index >= 15 is 0 Å². The van der Waals surface area contributed by atoms with Crippen molar-refractivity contribution in [2.24, 2.45) is 10.2 Å². The smallest absolute Gasteiger partial charge is 0.148 e. The Morgan fingerprint density at radius 3 is 2.70 bits per heavy atom. The number of amidine groups is 1. The molecule has 56 valence electrons. The normalized spacial score (nSPS) is 13.3. The predicted molar refractivity (Wildman–Crippen MR) is 45.7 cm³/mol. The van der Waals surface area contributed by atoms with Crippen LogP contribution in [-0.2, 0) is 0 Å². The first-order valence-corrected chi connectivity index (χ1v) is 3.29. The van der Waals surface area contributed by atoms with Gasteiger partial charge in [0.15, 0.2) is 0 Å². The molecule has 0 atom stereocenters. The molecule has 3 nitrogen and oxygen atoms in total. The van der Waals surface area contributed by atoms with Crippen molar-refractivity contribution < 1.29 is 0 Å². The molecule has 0 unspecified atom stereocenters. The largest absolute Gasteiger partial charge is 0.372 e. The molecule has 10 heavy (non-hydrogen) atoms. The van der Waals surface area contributed by atoms with Gasteiger partial charge >= 0.3 is 0 Å². The zero-order chi connectivity index (χ0) is 7.82. The van der Waals surface area contributed by atoms with Crippen molar-refractivity contribution in [2.75, 3.05) is 7.05 Å². The summed E-state index contributed by atoms with van der Waals surface area (Å²) in [6.07, 6.45) is 3.66. The van der Waals surface area contributed by atoms with Crippen molar-refractivity contribution in [3.8, 4) is 0 Å². The van der Waals surface area contributed by atoms with Crippen LogP contribution in [0.2, 0.25) is 0 Å². The summed E-state index contributed by atoms with van der Waals surface area (Å²) in [4.78, 5) is 0. The van der Waals surface area contributed by atoms with Crippen LogP contribution in [0.5, 0.6) is 0 Å². The van der Waals surface area contributed by atoms with Gasteiger partial charge in [0.05, 0.1) is 0 Å². The first-order chi connectivity index (χ1) is 4.85. The van der Waals surface area contributed by atoms with Gasteiger partial charge in [0, 0.05) is 7.05 Å². The maximum atomic E-state index is 5.15. The lowest BCUT2D eigenvalue weighted by molar-refractivity contribution is 1.12. The van der Waals surface area contributed by atoms with Crippen molar-refractivity contribution in [1.82, 2.24) is 5.32 Å². The van der Waals surface area contributed by atoms with Crippen LogP contribution in [0.15, 0.2) is 22.4 Å². The van der Waals surface area contributed by atoms with Gasteiger partial charge in [-0.05, 0) is 13.0 Å². The number of nitrogens with zero attached hydrogens (tertiary/aromatic N) is 2. The Hall–Kier alpha value is -0.830. The van der Waals surface area contributed by atoms with Gasteiger partial charge in [0.2, 0.25) is 0 Å². The Balaban J connectivity index is 4.04. The van der Waals surface area contributed by atoms with E-state index in [2.05, 4.69) is 15.5 Å². The number of rotatable bonds is 2. The summed E-state index contributed by atoms with van der Waals surface area (Å²) in [6, 6.07) is 0. The molecule has 0 saturated carbocycles. The Labute approximate surface area is 65.5 Å². The fourth-order valence-corrected chi connectivity index (χ4v) is 0.452. The van der Waals surface area contributed by atoms with Crippen molar-refractivity contribution in [3.63, 3.8) is 0 Å². The van der Waals surface area contributed by atoms with E-state index in [-0.39, 0.29) is 0 Å². The summed E-state index contributed by atoms with van der Waals surface area (Å²) in [7, 11) is 1.77. The Bertz CT molecular complexity index is 160. The second kappa shape index (κ2) is 6.29. The molecule has 1 N–H and O–H groups in total. The molecule has 0 saturated heterocycles. The van der Waals surface area contributed by atoms with Crippen LogP contribution in [0.1, 0.15) is 6.92 Å². The summed E-state index contributed by atoms with van der Waals surface area (Å²) >= 11 is 5.15. The maximum absolute atomic E-state index is 5.15. The molecular weight excluding hydrogens is 150 g/mol. The van der Waals surface area contributed by atoms with Crippen LogP contribution in [-0.4, -0.2) is 18.6 Å². The summed E-state index contributed by atoms with van der Waals surface area (Å²) in [6.45, 7) is 1.90. The summed E-state index contributed by atoms with van der Waals surface area (Å²) in [5.41, 5.74) is 1.11. The Morgan fingerprint density at radius 2 is 2.30 bits per heavy atom. The highest BCUT2D eigenvalue weighted by atomic mass is 35.5. The first-order valence-electron chi connectivity index (χ1n) is 2.85. The van der Waals surface area contributed by atoms with Crippen LogP contribution in [0, 0.1) is 0 Å². The quantitative estimate of drug-likeness (QED) is 0.369. The molecule has 0 aromatic rings. The van der Waals surface area contributed by atoms with Gasteiger partial charge in [-0.2, -0.15) is 0 Å². The molecule has 0 bridgehead atoms. The SMILES string of the molecule is C\C=C/C(=N\N=C\Cl)NC. The third-order valence-electron chi connectivity index (χ3n) is 0.790. The van der Waals surface area contributed by atoms with Gasteiger partial charge in [-0.25, -0.2) is 0 Å². The number of hydrogen-bond donors (Lipinski definition) is 1. The van der Waals surface area contributed by atoms with Crippen molar-refractivity contribution in [2.45, 2.75) is 6.92 Å². The fraction of sp³-hybridized carbons (Fsp3) is 0.333. The highest BCUT2D eigenvalue weighted by molar-refractivity contribution is 6.56. The summed E-state index contributed by atoms with van der Waals surface area (Å²) < 4.78 is 0. The molecule has 0 aliphatic carbocycles. The second-order valence-electron chi connectivity index (χ2n) is 1.45. The van der Waals surface area contributed by atoms with Crippen LogP contribution < -0.4 is 5.32 Å². The second-order valence-corrected chi connectivity index (χ2v) is 1.64. The number of hydrogen-bond acceptors (Lipinski definition) is 2. The van der Waals surface area contributed by atoms with Crippen LogP contribution in [0.25, 0.3) is 0 Å². The topological polar surface area (TPSA) is 36.8 Å². The molecule has 4 heteroatoms. The Morgan fingerprint density at radius 1 is 1.60 bits per heavy atom. The predicted octanol–water partition coefficient (Wildman–Crippen LogP) is 1.36. The minimum atomic E-state index is 0.680. The number of allylic oxidation sites excluding steroid dienone is 1. The van der Waals surface area contributed by atoms with Crippen molar-refractivity contribution in [1.29, 1.82) is 0 Å². The van der Waals surface area contributed by atoms with E-state index < -0.39 is 0 Å². The highest BCUT2D eigenvalue weighted by Crippen LogP contribution is 1.79. The van der Waals surface area contributed by atoms with Crippen LogP contribution in [0.3, 0.4) is 0 Å². The van der Waals surface area contributed by atoms with E-state index in [0.717, 1.165) is 5.67 Å². The average molecular weight is 160 g/mol. The van der Waals surface area contributed by atoms with Gasteiger partial charge in [0.25, 0.3) is 0 Å². The lowest BCUT2D eigenvalue weighted by Gasteiger charge is -1.93. The van der Waals surface area contributed by atoms with Gasteiger partial charge < -0.3 is 5.32 Å². The molecule has 0 spiro atoms. The molecule has 0 aliphatic rings. The van der Waals surface area contributed by atoms with E-state index in [1.807, 2.05) is 13.0 Å². The molecule has 0 heterocycles. The van der Waals surface area contributed by atoms with E-state index in [4.69, 9.17) is 11.6 Å². The van der Waals surface area contributed by atoms with Crippen molar-refractivity contribution in [3.05, 3.63) is 12.2 Å². The van der Waals surface area contributed by atoms with Gasteiger partial charge in [-0.15, -0.1) is 10.2 Å². The third kappa shape index (κ3) is 4.09. The molecule has 0 amide bonds. The van der Waals surface area contributed by atoms with E-state index in [1.54, 1.807) is 13.1 Å². The first kappa shape index (κ1) is 9.17. The lowest BCUT2D eigenvalue weighted by atomic mass is 10.5. The average Bonchev–Trinajstić information content (AvgIpc) is 1.98. The van der Waals surface area contributed by atoms with Crippen LogP contribution in [0.4, 0.5) is 0 Å². The number of halogens is 1. The number of nitrogens with one attached hydrogen (secondary N) is 1. The highest BCUT2D eigenvalue weighted by Gasteiger charge is 1.82. The molecule has 0 rings (SSSR count). The molecule has 0 fully saturated rings. The van der Waals surface area contributed by atoms with E-state index in [1.165, 1.54) is 0 Å². The lowest BCUT2D eigenvalue weighted by Crippen LogP contribution is -2.14. The zero-order valence-electron chi connectivity index (χ0n) is 6.00. The third-order valence-corrected chi connectivity index (χ3v) is 0.877. The Kier molecular flexibility index (Phi) is 5.77. The molecule has 0 radical (unpaired) electrons. The summed E-state index contributed by atoms with van der Waals surface area (Å²) in [5, 5.41) is 10.0. The monoisotopic (exact) mass is 159 g/mol. The molecule has 0 aromatic heterocycles.